The van der Waals surface area contributed by atoms with Crippen molar-refractivity contribution >= 4 is 11.6 Å². The minimum absolute atomic E-state index is 0.0634. The van der Waals surface area contributed by atoms with Crippen molar-refractivity contribution in [1.29, 1.82) is 0 Å². The Balaban J connectivity index is 1.43. The number of nitrogens with one attached hydrogen (secondary N) is 4. The highest BCUT2D eigenvalue weighted by Gasteiger charge is 2.49. The first-order valence-electron chi connectivity index (χ1n) is 10.8. The number of hydrogen-bond acceptors (Lipinski definition) is 6. The molecule has 1 saturated carbocycles. The normalized spacial score (nSPS) is 43.9. The number of hydrogen-bond donors (Lipinski definition) is 4. The SMILES string of the molecule is FC(F)(F)OC1CC(Cl)CCC1C1NNC(NC[C@H]2CCOC2)C2CNCCC21. The Hall–Kier alpha value is -0.160. The molecule has 3 heterocycles. The van der Waals surface area contributed by atoms with Crippen LogP contribution < -0.4 is 21.5 Å². The van der Waals surface area contributed by atoms with E-state index in [2.05, 4.69) is 26.2 Å². The van der Waals surface area contributed by atoms with Gasteiger partial charge in [0, 0.05) is 43.0 Å². The highest BCUT2D eigenvalue weighted by atomic mass is 35.5. The van der Waals surface area contributed by atoms with Gasteiger partial charge in [-0.3, -0.25) is 10.2 Å². The molecule has 1 aliphatic carbocycles. The highest BCUT2D eigenvalue weighted by Crippen LogP contribution is 2.41. The zero-order valence-electron chi connectivity index (χ0n) is 16.5. The van der Waals surface area contributed by atoms with E-state index in [1.165, 1.54) is 0 Å². The second-order valence-electron chi connectivity index (χ2n) is 8.93. The van der Waals surface area contributed by atoms with Crippen molar-refractivity contribution in [3.05, 3.63) is 0 Å². The Bertz CT molecular complexity index is 538. The van der Waals surface area contributed by atoms with Crippen molar-refractivity contribution in [2.24, 2.45) is 23.7 Å². The average molecular weight is 441 g/mol. The van der Waals surface area contributed by atoms with Gasteiger partial charge < -0.3 is 15.4 Å². The van der Waals surface area contributed by atoms with E-state index < -0.39 is 12.5 Å². The molecule has 0 aromatic heterocycles. The molecule has 3 saturated heterocycles. The topological polar surface area (TPSA) is 66.6 Å². The third kappa shape index (κ3) is 5.56. The molecule has 0 aromatic carbocycles. The molecule has 8 atom stereocenters. The molecule has 7 unspecified atom stereocenters. The van der Waals surface area contributed by atoms with E-state index in [-0.39, 0.29) is 35.8 Å². The van der Waals surface area contributed by atoms with Gasteiger partial charge in [0.2, 0.25) is 0 Å². The summed E-state index contributed by atoms with van der Waals surface area (Å²) >= 11 is 6.19. The van der Waals surface area contributed by atoms with Crippen molar-refractivity contribution < 1.29 is 22.6 Å². The molecule has 0 bridgehead atoms. The van der Waals surface area contributed by atoms with E-state index in [0.717, 1.165) is 52.1 Å². The van der Waals surface area contributed by atoms with Crippen LogP contribution >= 0.6 is 11.6 Å². The molecule has 6 nitrogen and oxygen atoms in total. The summed E-state index contributed by atoms with van der Waals surface area (Å²) < 4.78 is 49.1. The molecular weight excluding hydrogens is 409 g/mol. The predicted molar refractivity (Wildman–Crippen MR) is 103 cm³/mol. The molecule has 0 radical (unpaired) electrons. The zero-order chi connectivity index (χ0) is 20.4. The van der Waals surface area contributed by atoms with Gasteiger partial charge in [-0.1, -0.05) is 0 Å². The maximum absolute atomic E-state index is 13.0. The first kappa shape index (κ1) is 22.0. The summed E-state index contributed by atoms with van der Waals surface area (Å²) in [6.45, 7) is 4.23. The Labute approximate surface area is 174 Å². The molecule has 0 spiro atoms. The smallest absolute Gasteiger partial charge is 0.381 e. The summed E-state index contributed by atoms with van der Waals surface area (Å²) in [4.78, 5) is 0. The van der Waals surface area contributed by atoms with E-state index in [1.54, 1.807) is 0 Å². The minimum atomic E-state index is -4.64. The predicted octanol–water partition coefficient (Wildman–Crippen LogP) is 1.95. The summed E-state index contributed by atoms with van der Waals surface area (Å²) in [6.07, 6.45) is -1.85. The molecule has 4 aliphatic rings. The Morgan fingerprint density at radius 3 is 2.69 bits per heavy atom. The molecule has 29 heavy (non-hydrogen) atoms. The lowest BCUT2D eigenvalue weighted by atomic mass is 9.69. The lowest BCUT2D eigenvalue weighted by Gasteiger charge is -2.51. The van der Waals surface area contributed by atoms with Crippen LogP contribution in [0.15, 0.2) is 0 Å². The summed E-state index contributed by atoms with van der Waals surface area (Å²) in [5, 5.41) is 6.81. The van der Waals surface area contributed by atoms with Gasteiger partial charge in [0.1, 0.15) is 0 Å². The van der Waals surface area contributed by atoms with E-state index >= 15 is 0 Å². The van der Waals surface area contributed by atoms with Crippen LogP contribution in [0, 0.1) is 23.7 Å². The fourth-order valence-electron chi connectivity index (χ4n) is 5.60. The number of piperidine rings is 1. The van der Waals surface area contributed by atoms with Crippen LogP contribution in [-0.2, 0) is 9.47 Å². The van der Waals surface area contributed by atoms with Gasteiger partial charge in [0.15, 0.2) is 0 Å². The molecule has 4 fully saturated rings. The second kappa shape index (κ2) is 9.54. The summed E-state index contributed by atoms with van der Waals surface area (Å²) in [7, 11) is 0. The van der Waals surface area contributed by atoms with Crippen LogP contribution in [0.3, 0.4) is 0 Å². The number of fused-ring (bicyclic) bond motifs is 1. The monoisotopic (exact) mass is 440 g/mol. The minimum Gasteiger partial charge on any atom is -0.381 e. The Kier molecular flexibility index (Phi) is 7.26. The Morgan fingerprint density at radius 1 is 1.07 bits per heavy atom. The highest BCUT2D eigenvalue weighted by molar-refractivity contribution is 6.20. The largest absolute Gasteiger partial charge is 0.522 e. The zero-order valence-corrected chi connectivity index (χ0v) is 17.3. The van der Waals surface area contributed by atoms with Crippen molar-refractivity contribution in [3.63, 3.8) is 0 Å². The first-order chi connectivity index (χ1) is 13.9. The quantitative estimate of drug-likeness (QED) is 0.490. The fraction of sp³-hybridized carbons (Fsp3) is 1.00. The van der Waals surface area contributed by atoms with Crippen LogP contribution in [0.4, 0.5) is 13.2 Å². The van der Waals surface area contributed by atoms with Crippen molar-refractivity contribution in [2.75, 3.05) is 32.8 Å². The number of hydrazine groups is 1. The molecule has 10 heteroatoms. The van der Waals surface area contributed by atoms with Gasteiger partial charge in [0.25, 0.3) is 0 Å². The van der Waals surface area contributed by atoms with Gasteiger partial charge >= 0.3 is 6.36 Å². The molecule has 0 aromatic rings. The standard InChI is InChI=1S/C19H32ClF3N4O2/c20-12-1-2-14(16(7-12)29-19(21,22)23)17-13-3-5-24-9-15(13)18(27-26-17)25-8-11-4-6-28-10-11/h11-18,24-27H,1-10H2/t11-,12?,13?,14?,15?,16?,17?,18?/m1/s1. The van der Waals surface area contributed by atoms with Crippen molar-refractivity contribution in [1.82, 2.24) is 21.5 Å². The molecular formula is C19H32ClF3N4O2. The molecule has 0 amide bonds. The van der Waals surface area contributed by atoms with E-state index in [1.807, 2.05) is 0 Å². The van der Waals surface area contributed by atoms with E-state index in [4.69, 9.17) is 16.3 Å². The molecule has 4 N–H and O–H groups in total. The van der Waals surface area contributed by atoms with Gasteiger partial charge in [-0.15, -0.1) is 24.8 Å². The van der Waals surface area contributed by atoms with E-state index in [9.17, 15) is 13.2 Å². The van der Waals surface area contributed by atoms with Gasteiger partial charge in [-0.2, -0.15) is 0 Å². The van der Waals surface area contributed by atoms with Crippen LogP contribution in [0.5, 0.6) is 0 Å². The van der Waals surface area contributed by atoms with Crippen molar-refractivity contribution in [3.8, 4) is 0 Å². The molecule has 3 aliphatic heterocycles. The summed E-state index contributed by atoms with van der Waals surface area (Å²) in [6, 6.07) is -0.0634. The third-order valence-electron chi connectivity index (χ3n) is 7.05. The average Bonchev–Trinajstić information content (AvgIpc) is 3.19. The van der Waals surface area contributed by atoms with Gasteiger partial charge in [-0.05, 0) is 50.5 Å². The van der Waals surface area contributed by atoms with Gasteiger partial charge in [-0.25, -0.2) is 5.43 Å². The van der Waals surface area contributed by atoms with Crippen LogP contribution in [0.1, 0.15) is 32.1 Å². The third-order valence-corrected chi connectivity index (χ3v) is 7.45. The second-order valence-corrected chi connectivity index (χ2v) is 9.54. The first-order valence-corrected chi connectivity index (χ1v) is 11.3. The fourth-order valence-corrected chi connectivity index (χ4v) is 5.90. The maximum atomic E-state index is 13.0. The van der Waals surface area contributed by atoms with Crippen LogP contribution in [-0.4, -0.2) is 62.9 Å². The number of ether oxygens (including phenoxy) is 2. The summed E-state index contributed by atoms with van der Waals surface area (Å²) in [5.41, 5.74) is 6.75. The van der Waals surface area contributed by atoms with Gasteiger partial charge in [0.05, 0.1) is 18.9 Å². The van der Waals surface area contributed by atoms with Crippen LogP contribution in [0.2, 0.25) is 0 Å². The number of halogens is 4. The number of rotatable bonds is 5. The Morgan fingerprint density at radius 2 is 1.93 bits per heavy atom. The lowest BCUT2D eigenvalue weighted by molar-refractivity contribution is -0.352. The molecule has 168 valence electrons. The van der Waals surface area contributed by atoms with Crippen LogP contribution in [0.25, 0.3) is 0 Å². The maximum Gasteiger partial charge on any atom is 0.522 e. The number of alkyl halides is 4. The molecule has 4 rings (SSSR count). The van der Waals surface area contributed by atoms with Crippen molar-refractivity contribution in [2.45, 2.75) is 62.2 Å². The van der Waals surface area contributed by atoms with E-state index in [0.29, 0.717) is 18.3 Å². The summed E-state index contributed by atoms with van der Waals surface area (Å²) in [5.74, 6) is 0.894. The lowest BCUT2D eigenvalue weighted by Crippen LogP contribution is -2.71.